The van der Waals surface area contributed by atoms with Gasteiger partial charge >= 0.3 is 0 Å². The van der Waals surface area contributed by atoms with E-state index in [-0.39, 0.29) is 0 Å². The molecule has 1 atom stereocenters. The van der Waals surface area contributed by atoms with Crippen LogP contribution < -0.4 is 14.8 Å². The van der Waals surface area contributed by atoms with Crippen LogP contribution in [0.5, 0.6) is 11.5 Å². The van der Waals surface area contributed by atoms with Gasteiger partial charge in [0.15, 0.2) is 11.5 Å². The number of hydrogen-bond donors (Lipinski definition) is 2. The van der Waals surface area contributed by atoms with Gasteiger partial charge in [-0.05, 0) is 18.9 Å². The summed E-state index contributed by atoms with van der Waals surface area (Å²) in [4.78, 5) is 2.24. The van der Waals surface area contributed by atoms with Crippen molar-refractivity contribution >= 4 is 11.6 Å². The highest BCUT2D eigenvalue weighted by molar-refractivity contribution is 6.31. The first-order valence-electron chi connectivity index (χ1n) is 8.85. The number of halogens is 1. The first kappa shape index (κ1) is 19.3. The van der Waals surface area contributed by atoms with Crippen molar-refractivity contribution < 1.29 is 14.6 Å². The smallest absolute Gasteiger partial charge is 0.162 e. The number of rotatable bonds is 9. The van der Waals surface area contributed by atoms with Gasteiger partial charge in [-0.1, -0.05) is 25.4 Å². The minimum absolute atomic E-state index is 0.521. The number of ether oxygens (including phenoxy) is 2. The van der Waals surface area contributed by atoms with Crippen molar-refractivity contribution in [3.8, 4) is 11.5 Å². The van der Waals surface area contributed by atoms with E-state index in [1.54, 1.807) is 6.07 Å². The van der Waals surface area contributed by atoms with E-state index < -0.39 is 6.10 Å². The van der Waals surface area contributed by atoms with Gasteiger partial charge in [-0.2, -0.15) is 0 Å². The Morgan fingerprint density at radius 2 is 1.71 bits per heavy atom. The van der Waals surface area contributed by atoms with Crippen LogP contribution in [0.25, 0.3) is 0 Å². The highest BCUT2D eigenvalue weighted by atomic mass is 35.5. The molecule has 24 heavy (non-hydrogen) atoms. The van der Waals surface area contributed by atoms with Crippen LogP contribution >= 0.6 is 11.6 Å². The number of aliphatic hydroxyl groups is 1. The number of benzene rings is 1. The first-order chi connectivity index (χ1) is 11.7. The molecule has 1 saturated heterocycles. The molecule has 136 valence electrons. The molecule has 5 nitrogen and oxygen atoms in total. The summed E-state index contributed by atoms with van der Waals surface area (Å²) in [6.45, 7) is 9.69. The quantitative estimate of drug-likeness (QED) is 0.712. The summed E-state index contributed by atoms with van der Waals surface area (Å²) in [7, 11) is 0. The zero-order valence-electron chi connectivity index (χ0n) is 14.7. The molecular weight excluding hydrogens is 328 g/mol. The number of hydrogen-bond acceptors (Lipinski definition) is 5. The molecule has 0 spiro atoms. The maximum Gasteiger partial charge on any atom is 0.162 e. The Balaban J connectivity index is 2.14. The molecular formula is C18H29ClN2O3. The molecule has 1 aliphatic rings. The van der Waals surface area contributed by atoms with Crippen LogP contribution in [0.4, 0.5) is 0 Å². The highest BCUT2D eigenvalue weighted by Gasteiger charge is 2.20. The molecule has 1 aromatic carbocycles. The van der Waals surface area contributed by atoms with Gasteiger partial charge in [0.05, 0.1) is 24.3 Å². The summed E-state index contributed by atoms with van der Waals surface area (Å²) < 4.78 is 11.5. The second kappa shape index (κ2) is 10.1. The summed E-state index contributed by atoms with van der Waals surface area (Å²) in [5.41, 5.74) is 0.699. The maximum atomic E-state index is 10.6. The molecule has 1 unspecified atom stereocenters. The number of nitrogens with zero attached hydrogens (tertiary/aromatic N) is 1. The Bertz CT molecular complexity index is 507. The van der Waals surface area contributed by atoms with Crippen LogP contribution in [-0.2, 0) is 0 Å². The molecule has 0 aromatic heterocycles. The summed E-state index contributed by atoms with van der Waals surface area (Å²) in [6.07, 6.45) is 1.19. The van der Waals surface area contributed by atoms with Crippen LogP contribution in [0.2, 0.25) is 5.02 Å². The molecule has 0 saturated carbocycles. The maximum absolute atomic E-state index is 10.6. The average Bonchev–Trinajstić information content (AvgIpc) is 2.59. The van der Waals surface area contributed by atoms with E-state index >= 15 is 0 Å². The van der Waals surface area contributed by atoms with Crippen molar-refractivity contribution in [3.05, 3.63) is 22.7 Å². The van der Waals surface area contributed by atoms with Gasteiger partial charge < -0.3 is 19.9 Å². The number of piperazine rings is 1. The first-order valence-corrected chi connectivity index (χ1v) is 9.23. The van der Waals surface area contributed by atoms with Gasteiger partial charge in [-0.3, -0.25) is 4.90 Å². The van der Waals surface area contributed by atoms with Crippen LogP contribution in [0, 0.1) is 0 Å². The minimum atomic E-state index is -0.639. The number of β-amino-alcohol motifs (C(OH)–C–C–N with tert-alkyl or cyclic N) is 1. The molecule has 1 aliphatic heterocycles. The number of nitrogens with one attached hydrogen (secondary N) is 1. The van der Waals surface area contributed by atoms with Crippen molar-refractivity contribution in [3.63, 3.8) is 0 Å². The van der Waals surface area contributed by atoms with Gasteiger partial charge in [-0.25, -0.2) is 0 Å². The summed E-state index contributed by atoms with van der Waals surface area (Å²) in [5, 5.41) is 14.5. The largest absolute Gasteiger partial charge is 0.490 e. The van der Waals surface area contributed by atoms with Crippen LogP contribution in [0.15, 0.2) is 12.1 Å². The number of aliphatic hydroxyl groups excluding tert-OH is 1. The molecule has 0 radical (unpaired) electrons. The van der Waals surface area contributed by atoms with Crippen molar-refractivity contribution in [2.75, 3.05) is 45.9 Å². The van der Waals surface area contributed by atoms with Crippen molar-refractivity contribution in [2.45, 2.75) is 32.8 Å². The lowest BCUT2D eigenvalue weighted by Crippen LogP contribution is -2.45. The second-order valence-corrected chi connectivity index (χ2v) is 6.49. The van der Waals surface area contributed by atoms with Crippen LogP contribution in [-0.4, -0.2) is 55.9 Å². The Kier molecular flexibility index (Phi) is 8.12. The topological polar surface area (TPSA) is 54.0 Å². The molecule has 2 N–H and O–H groups in total. The van der Waals surface area contributed by atoms with Gasteiger partial charge in [0, 0.05) is 44.4 Å². The lowest BCUT2D eigenvalue weighted by Gasteiger charge is -2.29. The Morgan fingerprint density at radius 1 is 1.12 bits per heavy atom. The Morgan fingerprint density at radius 3 is 2.29 bits per heavy atom. The highest BCUT2D eigenvalue weighted by Crippen LogP contribution is 2.36. The molecule has 2 rings (SSSR count). The lowest BCUT2D eigenvalue weighted by molar-refractivity contribution is 0.105. The van der Waals surface area contributed by atoms with E-state index in [4.69, 9.17) is 21.1 Å². The molecule has 0 amide bonds. The van der Waals surface area contributed by atoms with E-state index in [2.05, 4.69) is 24.1 Å². The van der Waals surface area contributed by atoms with Crippen LogP contribution in [0.3, 0.4) is 0 Å². The monoisotopic (exact) mass is 356 g/mol. The fourth-order valence-electron chi connectivity index (χ4n) is 2.69. The fourth-order valence-corrected chi connectivity index (χ4v) is 2.97. The van der Waals surface area contributed by atoms with E-state index in [9.17, 15) is 5.11 Å². The van der Waals surface area contributed by atoms with Crippen molar-refractivity contribution in [1.82, 2.24) is 10.2 Å². The van der Waals surface area contributed by atoms with E-state index in [0.29, 0.717) is 41.8 Å². The average molecular weight is 357 g/mol. The zero-order valence-corrected chi connectivity index (χ0v) is 15.4. The molecule has 1 fully saturated rings. The minimum Gasteiger partial charge on any atom is -0.490 e. The third kappa shape index (κ3) is 5.52. The molecule has 0 bridgehead atoms. The van der Waals surface area contributed by atoms with Gasteiger partial charge in [0.25, 0.3) is 0 Å². The van der Waals surface area contributed by atoms with Crippen molar-refractivity contribution in [2.24, 2.45) is 0 Å². The standard InChI is InChI=1S/C18H29ClN2O3/c1-3-9-23-17-11-14(15(19)12-18(17)24-10-4-2)16(22)13-21-7-5-20-6-8-21/h11-12,16,20,22H,3-10,13H2,1-2H3. The molecule has 1 aromatic rings. The fraction of sp³-hybridized carbons (Fsp3) is 0.667. The second-order valence-electron chi connectivity index (χ2n) is 6.08. The van der Waals surface area contributed by atoms with E-state index in [0.717, 1.165) is 39.0 Å². The summed E-state index contributed by atoms with van der Waals surface area (Å²) in [5.74, 6) is 1.30. The molecule has 1 heterocycles. The lowest BCUT2D eigenvalue weighted by atomic mass is 10.1. The van der Waals surface area contributed by atoms with E-state index in [1.807, 2.05) is 6.07 Å². The Hall–Kier alpha value is -1.01. The van der Waals surface area contributed by atoms with Crippen LogP contribution in [0.1, 0.15) is 38.4 Å². The third-order valence-corrected chi connectivity index (χ3v) is 4.31. The van der Waals surface area contributed by atoms with Gasteiger partial charge in [0.2, 0.25) is 0 Å². The summed E-state index contributed by atoms with van der Waals surface area (Å²) >= 11 is 6.40. The van der Waals surface area contributed by atoms with Gasteiger partial charge in [0.1, 0.15) is 0 Å². The molecule has 6 heteroatoms. The van der Waals surface area contributed by atoms with E-state index in [1.165, 1.54) is 0 Å². The normalized spacial score (nSPS) is 16.8. The zero-order chi connectivity index (χ0) is 17.4. The van der Waals surface area contributed by atoms with Gasteiger partial charge in [-0.15, -0.1) is 0 Å². The molecule has 0 aliphatic carbocycles. The predicted octanol–water partition coefficient (Wildman–Crippen LogP) is 2.86. The summed E-state index contributed by atoms with van der Waals surface area (Å²) in [6, 6.07) is 3.59. The SMILES string of the molecule is CCCOc1cc(Cl)c(C(O)CN2CCNCC2)cc1OCCC. The Labute approximate surface area is 149 Å². The predicted molar refractivity (Wildman–Crippen MR) is 97.3 cm³/mol. The third-order valence-electron chi connectivity index (χ3n) is 3.99. The van der Waals surface area contributed by atoms with Crippen molar-refractivity contribution in [1.29, 1.82) is 0 Å².